The average Bonchev–Trinajstić information content (AvgIpc) is 3.10. The predicted molar refractivity (Wildman–Crippen MR) is 99.5 cm³/mol. The first-order valence-electron chi connectivity index (χ1n) is 8.51. The number of rotatable bonds is 9. The van der Waals surface area contributed by atoms with Gasteiger partial charge in [0.1, 0.15) is 11.4 Å². The van der Waals surface area contributed by atoms with Crippen LogP contribution in [0.4, 0.5) is 0 Å². The van der Waals surface area contributed by atoms with Gasteiger partial charge in [-0.15, -0.1) is 11.8 Å². The van der Waals surface area contributed by atoms with Crippen molar-refractivity contribution in [2.24, 2.45) is 0 Å². The lowest BCUT2D eigenvalue weighted by Crippen LogP contribution is -2.27. The number of amides is 1. The van der Waals surface area contributed by atoms with Crippen molar-refractivity contribution in [1.29, 1.82) is 0 Å². The molecule has 0 saturated carbocycles. The van der Waals surface area contributed by atoms with E-state index in [2.05, 4.69) is 10.1 Å². The SMILES string of the molecule is CCOC(C)c1noc(CN(C)C(=O)c2ccccc2SC(C)C(=O)O)n1. The van der Waals surface area contributed by atoms with Crippen LogP contribution in [-0.2, 0) is 16.1 Å². The van der Waals surface area contributed by atoms with Crippen molar-refractivity contribution in [1.82, 2.24) is 15.0 Å². The Bertz CT molecular complexity index is 795. The fourth-order valence-electron chi connectivity index (χ4n) is 2.29. The third-order valence-electron chi connectivity index (χ3n) is 3.75. The van der Waals surface area contributed by atoms with Crippen LogP contribution >= 0.6 is 11.8 Å². The van der Waals surface area contributed by atoms with Gasteiger partial charge in [-0.25, -0.2) is 0 Å². The molecule has 1 aromatic heterocycles. The largest absolute Gasteiger partial charge is 0.480 e. The maximum Gasteiger partial charge on any atom is 0.316 e. The molecule has 2 aromatic rings. The molecule has 1 aromatic carbocycles. The highest BCUT2D eigenvalue weighted by atomic mass is 32.2. The number of benzene rings is 1. The Hall–Kier alpha value is -2.39. The van der Waals surface area contributed by atoms with Gasteiger partial charge in [-0.3, -0.25) is 9.59 Å². The fourth-order valence-corrected chi connectivity index (χ4v) is 3.21. The quantitative estimate of drug-likeness (QED) is 0.648. The number of carboxylic acids is 1. The number of aliphatic carboxylic acids is 1. The van der Waals surface area contributed by atoms with Crippen molar-refractivity contribution in [3.63, 3.8) is 0 Å². The van der Waals surface area contributed by atoms with Gasteiger partial charge in [0.25, 0.3) is 5.91 Å². The Morgan fingerprint density at radius 1 is 1.33 bits per heavy atom. The normalized spacial score (nSPS) is 13.2. The van der Waals surface area contributed by atoms with E-state index < -0.39 is 11.2 Å². The molecule has 2 rings (SSSR count). The van der Waals surface area contributed by atoms with E-state index in [9.17, 15) is 9.59 Å². The maximum atomic E-state index is 12.8. The van der Waals surface area contributed by atoms with E-state index in [0.29, 0.717) is 28.8 Å². The Kier molecular flexibility index (Phi) is 7.37. The highest BCUT2D eigenvalue weighted by Gasteiger charge is 2.22. The third-order valence-corrected chi connectivity index (χ3v) is 4.92. The molecule has 2 unspecified atom stereocenters. The van der Waals surface area contributed by atoms with Crippen LogP contribution in [0.5, 0.6) is 0 Å². The lowest BCUT2D eigenvalue weighted by atomic mass is 10.2. The number of aromatic nitrogens is 2. The number of nitrogens with zero attached hydrogens (tertiary/aromatic N) is 3. The van der Waals surface area contributed by atoms with E-state index in [1.54, 1.807) is 38.2 Å². The number of carbonyl (C=O) groups excluding carboxylic acids is 1. The van der Waals surface area contributed by atoms with Crippen LogP contribution in [0.25, 0.3) is 0 Å². The zero-order chi connectivity index (χ0) is 20.0. The third kappa shape index (κ3) is 5.54. The highest BCUT2D eigenvalue weighted by Crippen LogP contribution is 2.28. The van der Waals surface area contributed by atoms with E-state index in [1.807, 2.05) is 13.8 Å². The Balaban J connectivity index is 2.10. The Labute approximate surface area is 161 Å². The molecule has 146 valence electrons. The molecule has 0 bridgehead atoms. The molecule has 8 nitrogen and oxygen atoms in total. The summed E-state index contributed by atoms with van der Waals surface area (Å²) in [6.45, 7) is 5.96. The second-order valence-electron chi connectivity index (χ2n) is 5.90. The molecule has 0 radical (unpaired) electrons. The first-order valence-corrected chi connectivity index (χ1v) is 9.39. The van der Waals surface area contributed by atoms with E-state index in [0.717, 1.165) is 11.8 Å². The second kappa shape index (κ2) is 9.52. The minimum absolute atomic E-state index is 0.137. The fraction of sp³-hybridized carbons (Fsp3) is 0.444. The van der Waals surface area contributed by atoms with Crippen LogP contribution in [-0.4, -0.2) is 50.9 Å². The van der Waals surface area contributed by atoms with Gasteiger partial charge in [-0.2, -0.15) is 4.98 Å². The van der Waals surface area contributed by atoms with Crippen LogP contribution in [0, 0.1) is 0 Å². The van der Waals surface area contributed by atoms with Gasteiger partial charge in [0.05, 0.1) is 12.1 Å². The minimum atomic E-state index is -0.933. The van der Waals surface area contributed by atoms with Crippen LogP contribution in [0.15, 0.2) is 33.7 Å². The lowest BCUT2D eigenvalue weighted by Gasteiger charge is -2.17. The van der Waals surface area contributed by atoms with Gasteiger partial charge in [-0.05, 0) is 32.9 Å². The molecule has 0 saturated heterocycles. The molecule has 0 aliphatic rings. The molecule has 2 atom stereocenters. The van der Waals surface area contributed by atoms with Gasteiger partial charge in [0.15, 0.2) is 5.82 Å². The van der Waals surface area contributed by atoms with Crippen molar-refractivity contribution in [3.8, 4) is 0 Å². The maximum absolute atomic E-state index is 12.8. The van der Waals surface area contributed by atoms with E-state index >= 15 is 0 Å². The van der Waals surface area contributed by atoms with Crippen LogP contribution < -0.4 is 0 Å². The van der Waals surface area contributed by atoms with Crippen molar-refractivity contribution < 1.29 is 24.0 Å². The monoisotopic (exact) mass is 393 g/mol. The van der Waals surface area contributed by atoms with Gasteiger partial charge in [0.2, 0.25) is 5.89 Å². The van der Waals surface area contributed by atoms with Crippen LogP contribution in [0.1, 0.15) is 48.9 Å². The summed E-state index contributed by atoms with van der Waals surface area (Å²) in [6.07, 6.45) is -0.289. The molecule has 1 heterocycles. The predicted octanol–water partition coefficient (Wildman–Crippen LogP) is 3.00. The zero-order valence-corrected chi connectivity index (χ0v) is 16.5. The van der Waals surface area contributed by atoms with Gasteiger partial charge >= 0.3 is 5.97 Å². The molecule has 0 fully saturated rings. The molecule has 27 heavy (non-hydrogen) atoms. The van der Waals surface area contributed by atoms with E-state index in [4.69, 9.17) is 14.4 Å². The van der Waals surface area contributed by atoms with Crippen molar-refractivity contribution in [3.05, 3.63) is 41.5 Å². The number of ether oxygens (including phenoxy) is 1. The van der Waals surface area contributed by atoms with Gasteiger partial charge in [-0.1, -0.05) is 17.3 Å². The molecule has 0 spiro atoms. The topological polar surface area (TPSA) is 106 Å². The van der Waals surface area contributed by atoms with Crippen molar-refractivity contribution in [2.45, 2.75) is 43.6 Å². The molecular weight excluding hydrogens is 370 g/mol. The zero-order valence-electron chi connectivity index (χ0n) is 15.7. The highest BCUT2D eigenvalue weighted by molar-refractivity contribution is 8.00. The number of carboxylic acid groups (broad SMARTS) is 1. The molecule has 1 amide bonds. The van der Waals surface area contributed by atoms with Crippen molar-refractivity contribution in [2.75, 3.05) is 13.7 Å². The first-order chi connectivity index (χ1) is 12.8. The summed E-state index contributed by atoms with van der Waals surface area (Å²) in [6, 6.07) is 6.92. The summed E-state index contributed by atoms with van der Waals surface area (Å²) < 4.78 is 10.6. The molecule has 0 aliphatic carbocycles. The summed E-state index contributed by atoms with van der Waals surface area (Å²) >= 11 is 1.13. The number of thioether (sulfide) groups is 1. The summed E-state index contributed by atoms with van der Waals surface area (Å²) in [5.41, 5.74) is 0.431. The molecule has 9 heteroatoms. The molecule has 0 aliphatic heterocycles. The summed E-state index contributed by atoms with van der Waals surface area (Å²) in [4.78, 5) is 30.2. The van der Waals surface area contributed by atoms with Crippen molar-refractivity contribution >= 4 is 23.6 Å². The van der Waals surface area contributed by atoms with Gasteiger partial charge < -0.3 is 19.3 Å². The average molecular weight is 393 g/mol. The summed E-state index contributed by atoms with van der Waals surface area (Å²) in [5, 5.41) is 12.3. The number of carbonyl (C=O) groups is 2. The number of hydrogen-bond acceptors (Lipinski definition) is 7. The van der Waals surface area contributed by atoms with Gasteiger partial charge in [0, 0.05) is 18.6 Å². The summed E-state index contributed by atoms with van der Waals surface area (Å²) in [7, 11) is 1.63. The second-order valence-corrected chi connectivity index (χ2v) is 7.28. The number of hydrogen-bond donors (Lipinski definition) is 1. The van der Waals surface area contributed by atoms with E-state index in [-0.39, 0.29) is 18.6 Å². The first kappa shape index (κ1) is 20.9. The molecular formula is C18H23N3O5S. The molecule has 1 N–H and O–H groups in total. The van der Waals surface area contributed by atoms with E-state index in [1.165, 1.54) is 4.90 Å². The standard InChI is InChI=1S/C18H23N3O5S/c1-5-25-11(2)16-19-15(26-20-16)10-21(4)17(22)13-8-6-7-9-14(13)27-12(3)18(23)24/h6-9,11-12H,5,10H2,1-4H3,(H,23,24). The smallest absolute Gasteiger partial charge is 0.316 e. The summed E-state index contributed by atoms with van der Waals surface area (Å²) in [5.74, 6) is -0.457. The Morgan fingerprint density at radius 2 is 2.04 bits per heavy atom. The lowest BCUT2D eigenvalue weighted by molar-refractivity contribution is -0.136. The van der Waals surface area contributed by atoms with Crippen LogP contribution in [0.3, 0.4) is 0 Å². The minimum Gasteiger partial charge on any atom is -0.480 e. The Morgan fingerprint density at radius 3 is 2.70 bits per heavy atom. The van der Waals surface area contributed by atoms with Crippen LogP contribution in [0.2, 0.25) is 0 Å².